The molecule has 0 bridgehead atoms. The Morgan fingerprint density at radius 2 is 2.04 bits per heavy atom. The van der Waals surface area contributed by atoms with Crippen LogP contribution in [0.15, 0.2) is 4.60 Å². The minimum atomic E-state index is -1.11. The van der Waals surface area contributed by atoms with Gasteiger partial charge < -0.3 is 14.7 Å². The number of halogens is 1. The van der Waals surface area contributed by atoms with Crippen LogP contribution in [0.25, 0.3) is 0 Å². The summed E-state index contributed by atoms with van der Waals surface area (Å²) < 4.78 is 22.1. The smallest absolute Gasteiger partial charge is 0.153 e. The monoisotopic (exact) mass is 460 g/mol. The van der Waals surface area contributed by atoms with Crippen LogP contribution in [0.1, 0.15) is 45.0 Å². The molecule has 7 nitrogen and oxygen atoms in total. The van der Waals surface area contributed by atoms with Crippen LogP contribution in [0, 0.1) is 12.3 Å². The Morgan fingerprint density at radius 1 is 1.37 bits per heavy atom. The molecule has 9 heteroatoms. The van der Waals surface area contributed by atoms with Crippen LogP contribution in [0.4, 0.5) is 5.82 Å². The minimum absolute atomic E-state index is 0.00533. The normalized spacial score (nSPS) is 23.8. The summed E-state index contributed by atoms with van der Waals surface area (Å²) in [6, 6.07) is 0.0924. The van der Waals surface area contributed by atoms with Gasteiger partial charge in [-0.2, -0.15) is 0 Å². The van der Waals surface area contributed by atoms with E-state index in [1.54, 1.807) is 0 Å². The number of piperidine rings is 1. The fraction of sp³-hybridized carbons (Fsp3) is 0.778. The first-order valence-electron chi connectivity index (χ1n) is 9.31. The second kappa shape index (κ2) is 8.02. The highest BCUT2D eigenvalue weighted by molar-refractivity contribution is 9.10. The maximum Gasteiger partial charge on any atom is 0.153 e. The highest BCUT2D eigenvalue weighted by Crippen LogP contribution is 2.41. The van der Waals surface area contributed by atoms with Crippen molar-refractivity contribution < 1.29 is 14.1 Å². The number of aryl methyl sites for hydroxylation is 1. The summed E-state index contributed by atoms with van der Waals surface area (Å²) in [6.45, 7) is 10.6. The van der Waals surface area contributed by atoms with Gasteiger partial charge in [-0.3, -0.25) is 0 Å². The van der Waals surface area contributed by atoms with E-state index in [0.29, 0.717) is 23.5 Å². The van der Waals surface area contributed by atoms with Crippen LogP contribution in [0.2, 0.25) is 0 Å². The second-order valence-electron chi connectivity index (χ2n) is 8.44. The third-order valence-corrected chi connectivity index (χ3v) is 7.85. The van der Waals surface area contributed by atoms with Crippen LogP contribution in [0.3, 0.4) is 0 Å². The lowest BCUT2D eigenvalue weighted by molar-refractivity contribution is 0.131. The molecular weight excluding hydrogens is 432 g/mol. The van der Waals surface area contributed by atoms with Crippen molar-refractivity contribution in [1.82, 2.24) is 14.7 Å². The van der Waals surface area contributed by atoms with E-state index in [2.05, 4.69) is 35.5 Å². The Morgan fingerprint density at radius 3 is 2.63 bits per heavy atom. The Bertz CT molecular complexity index is 717. The van der Waals surface area contributed by atoms with E-state index in [9.17, 15) is 9.32 Å². The molecule has 1 spiro atoms. The summed E-state index contributed by atoms with van der Waals surface area (Å²) in [5.74, 6) is 0.759. The van der Waals surface area contributed by atoms with Crippen molar-refractivity contribution in [2.75, 3.05) is 31.2 Å². The Kier molecular flexibility index (Phi) is 6.27. The topological polar surface area (TPSA) is 87.6 Å². The lowest BCUT2D eigenvalue weighted by atomic mass is 9.75. The largest absolute Gasteiger partial charge is 0.390 e. The molecule has 0 aromatic carbocycles. The van der Waals surface area contributed by atoms with E-state index in [-0.39, 0.29) is 22.8 Å². The summed E-state index contributed by atoms with van der Waals surface area (Å²) in [7, 11) is -1.11. The maximum atomic E-state index is 12.6. The molecule has 2 fully saturated rings. The van der Waals surface area contributed by atoms with Gasteiger partial charge in [0.15, 0.2) is 5.82 Å². The van der Waals surface area contributed by atoms with Gasteiger partial charge in [-0.15, -0.1) is 0 Å². The molecule has 0 aliphatic carbocycles. The number of nitrogens with one attached hydrogen (secondary N) is 1. The van der Waals surface area contributed by atoms with Crippen LogP contribution >= 0.6 is 15.9 Å². The molecule has 2 N–H and O–H groups in total. The second-order valence-corrected chi connectivity index (χ2v) is 11.2. The van der Waals surface area contributed by atoms with Gasteiger partial charge in [0.2, 0.25) is 0 Å². The van der Waals surface area contributed by atoms with Gasteiger partial charge in [0.25, 0.3) is 0 Å². The molecule has 0 amide bonds. The summed E-state index contributed by atoms with van der Waals surface area (Å²) in [4.78, 5) is 11.3. The van der Waals surface area contributed by atoms with Crippen LogP contribution in [0.5, 0.6) is 0 Å². The van der Waals surface area contributed by atoms with Crippen LogP contribution in [-0.2, 0) is 22.3 Å². The minimum Gasteiger partial charge on any atom is -0.390 e. The number of aromatic nitrogens is 2. The number of aliphatic hydroxyl groups excluding tert-OH is 1. The van der Waals surface area contributed by atoms with Gasteiger partial charge in [0.1, 0.15) is 10.3 Å². The maximum absolute atomic E-state index is 12.6. The predicted molar refractivity (Wildman–Crippen MR) is 110 cm³/mol. The van der Waals surface area contributed by atoms with E-state index >= 15 is 0 Å². The van der Waals surface area contributed by atoms with Gasteiger partial charge in [0, 0.05) is 18.5 Å². The van der Waals surface area contributed by atoms with Gasteiger partial charge in [-0.25, -0.2) is 18.9 Å². The molecule has 0 unspecified atom stereocenters. The Balaban J connectivity index is 1.73. The van der Waals surface area contributed by atoms with E-state index in [0.717, 1.165) is 37.4 Å². The molecule has 2 atom stereocenters. The number of hydrogen-bond donors (Lipinski definition) is 2. The fourth-order valence-corrected chi connectivity index (χ4v) is 4.89. The highest BCUT2D eigenvalue weighted by atomic mass is 79.9. The standard InChI is InChI=1S/C18H29BrN4O3S/c1-12-15(19)21-13(9-24)16(20-12)23-7-5-18(6-8-23)11-26-10-14(18)22-27(25)17(2,3)4/h14,22,24H,5-11H2,1-4H3/t14-,27-/m1/s1. The quantitative estimate of drug-likeness (QED) is 0.714. The number of hydrogen-bond acceptors (Lipinski definition) is 6. The lowest BCUT2D eigenvalue weighted by Crippen LogP contribution is -2.53. The SMILES string of the molecule is Cc1nc(N2CCC3(CC2)COC[C@H]3N[S@](=O)C(C)(C)C)c(CO)nc1Br. The number of nitrogens with zero attached hydrogens (tertiary/aromatic N) is 3. The van der Waals surface area contributed by atoms with Crippen molar-refractivity contribution in [2.45, 2.75) is 57.9 Å². The van der Waals surface area contributed by atoms with Crippen molar-refractivity contribution >= 4 is 32.7 Å². The van der Waals surface area contributed by atoms with E-state index < -0.39 is 11.0 Å². The average Bonchev–Trinajstić information content (AvgIpc) is 2.99. The zero-order valence-electron chi connectivity index (χ0n) is 16.4. The zero-order chi connectivity index (χ0) is 19.8. The van der Waals surface area contributed by atoms with Crippen molar-refractivity contribution in [2.24, 2.45) is 5.41 Å². The van der Waals surface area contributed by atoms with Gasteiger partial charge in [0.05, 0.1) is 47.3 Å². The summed E-state index contributed by atoms with van der Waals surface area (Å²) in [5.41, 5.74) is 1.40. The van der Waals surface area contributed by atoms with Crippen LogP contribution < -0.4 is 9.62 Å². The fourth-order valence-electron chi connectivity index (χ4n) is 3.66. The molecule has 1 aromatic heterocycles. The zero-order valence-corrected chi connectivity index (χ0v) is 18.8. The first-order valence-corrected chi connectivity index (χ1v) is 11.3. The van der Waals surface area contributed by atoms with Gasteiger partial charge in [-0.05, 0) is 56.5 Å². The molecule has 2 aliphatic rings. The summed E-state index contributed by atoms with van der Waals surface area (Å²) in [5, 5.41) is 9.67. The number of aliphatic hydroxyl groups is 1. The molecular formula is C18H29BrN4O3S. The van der Waals surface area contributed by atoms with Gasteiger partial charge >= 0.3 is 0 Å². The molecule has 3 rings (SSSR count). The molecule has 27 heavy (non-hydrogen) atoms. The van der Waals surface area contributed by atoms with E-state index in [1.807, 2.05) is 27.7 Å². The first kappa shape index (κ1) is 21.1. The van der Waals surface area contributed by atoms with Gasteiger partial charge in [-0.1, -0.05) is 0 Å². The Hall–Kier alpha value is -0.610. The predicted octanol–water partition coefficient (Wildman–Crippen LogP) is 2.08. The average molecular weight is 461 g/mol. The molecule has 3 heterocycles. The molecule has 2 saturated heterocycles. The Labute approximate surface area is 172 Å². The third kappa shape index (κ3) is 4.37. The summed E-state index contributed by atoms with van der Waals surface area (Å²) >= 11 is 3.38. The van der Waals surface area contributed by atoms with Crippen molar-refractivity contribution in [3.8, 4) is 0 Å². The summed E-state index contributed by atoms with van der Waals surface area (Å²) in [6.07, 6.45) is 1.85. The first-order chi connectivity index (χ1) is 12.7. The number of ether oxygens (including phenoxy) is 1. The van der Waals surface area contributed by atoms with E-state index in [4.69, 9.17) is 4.74 Å². The van der Waals surface area contributed by atoms with Crippen molar-refractivity contribution in [3.05, 3.63) is 16.0 Å². The lowest BCUT2D eigenvalue weighted by Gasteiger charge is -2.43. The molecule has 0 radical (unpaired) electrons. The third-order valence-electron chi connectivity index (χ3n) is 5.49. The van der Waals surface area contributed by atoms with Crippen LogP contribution in [-0.4, -0.2) is 56.4 Å². The molecule has 0 saturated carbocycles. The van der Waals surface area contributed by atoms with Crippen molar-refractivity contribution in [3.63, 3.8) is 0 Å². The van der Waals surface area contributed by atoms with E-state index in [1.165, 1.54) is 0 Å². The number of anilines is 1. The molecule has 2 aliphatic heterocycles. The molecule has 1 aromatic rings. The molecule has 152 valence electrons. The number of rotatable bonds is 4. The highest BCUT2D eigenvalue weighted by Gasteiger charge is 2.47. The van der Waals surface area contributed by atoms with Crippen molar-refractivity contribution in [1.29, 1.82) is 0 Å².